The highest BCUT2D eigenvalue weighted by atomic mass is 16.3. The monoisotopic (exact) mass is 151 g/mol. The Kier molecular flexibility index (Phi) is 2.33. The second-order valence-corrected chi connectivity index (χ2v) is 2.26. The van der Waals surface area contributed by atoms with Crippen LogP contribution < -0.4 is 0 Å². The molecule has 11 heavy (non-hydrogen) atoms. The molecule has 1 aromatic rings. The van der Waals surface area contributed by atoms with E-state index in [0.29, 0.717) is 11.3 Å². The van der Waals surface area contributed by atoms with Crippen LogP contribution in [0.2, 0.25) is 0 Å². The molecule has 1 N–H and O–H groups in total. The summed E-state index contributed by atoms with van der Waals surface area (Å²) in [5.74, 6) is -0.0831. The van der Waals surface area contributed by atoms with E-state index in [0.717, 1.165) is 0 Å². The number of aliphatic hydroxyl groups excluding tert-OH is 1. The van der Waals surface area contributed by atoms with Crippen molar-refractivity contribution in [1.82, 2.24) is 4.98 Å². The SMILES string of the molecule is CC(=O)c1cc(CO)ccn1. The van der Waals surface area contributed by atoms with Crippen molar-refractivity contribution in [3.8, 4) is 0 Å². The minimum absolute atomic E-state index is 0.0528. The zero-order chi connectivity index (χ0) is 8.27. The van der Waals surface area contributed by atoms with E-state index in [9.17, 15) is 4.79 Å². The molecule has 3 heteroatoms. The molecule has 0 spiro atoms. The molecule has 1 heterocycles. The number of carbonyl (C=O) groups is 1. The van der Waals surface area contributed by atoms with Gasteiger partial charge in [-0.05, 0) is 17.7 Å². The van der Waals surface area contributed by atoms with Crippen LogP contribution in [0.3, 0.4) is 0 Å². The highest BCUT2D eigenvalue weighted by Gasteiger charge is 2.00. The van der Waals surface area contributed by atoms with Gasteiger partial charge in [0.25, 0.3) is 0 Å². The Balaban J connectivity index is 3.01. The number of ketones is 1. The van der Waals surface area contributed by atoms with Gasteiger partial charge in [-0.15, -0.1) is 0 Å². The fraction of sp³-hybridized carbons (Fsp3) is 0.250. The zero-order valence-electron chi connectivity index (χ0n) is 6.24. The zero-order valence-corrected chi connectivity index (χ0v) is 6.24. The van der Waals surface area contributed by atoms with Crippen LogP contribution in [0, 0.1) is 0 Å². The number of pyridine rings is 1. The molecule has 0 unspecified atom stereocenters. The van der Waals surface area contributed by atoms with Crippen LogP contribution in [0.15, 0.2) is 18.3 Å². The number of hydrogen-bond acceptors (Lipinski definition) is 3. The molecule has 1 rings (SSSR count). The molecular formula is C8H9NO2. The summed E-state index contributed by atoms with van der Waals surface area (Å²) in [4.78, 5) is 14.6. The Morgan fingerprint density at radius 2 is 2.45 bits per heavy atom. The largest absolute Gasteiger partial charge is 0.392 e. The lowest BCUT2D eigenvalue weighted by molar-refractivity contribution is 0.101. The van der Waals surface area contributed by atoms with Crippen molar-refractivity contribution in [2.24, 2.45) is 0 Å². The maximum absolute atomic E-state index is 10.8. The molecule has 0 saturated heterocycles. The van der Waals surface area contributed by atoms with Gasteiger partial charge in [-0.2, -0.15) is 0 Å². The third-order valence-electron chi connectivity index (χ3n) is 1.37. The second-order valence-electron chi connectivity index (χ2n) is 2.26. The normalized spacial score (nSPS) is 9.64. The summed E-state index contributed by atoms with van der Waals surface area (Å²) in [6.07, 6.45) is 1.52. The third-order valence-corrected chi connectivity index (χ3v) is 1.37. The third kappa shape index (κ3) is 1.85. The maximum Gasteiger partial charge on any atom is 0.178 e. The lowest BCUT2D eigenvalue weighted by atomic mass is 10.2. The first-order valence-electron chi connectivity index (χ1n) is 3.31. The summed E-state index contributed by atoms with van der Waals surface area (Å²) in [5, 5.41) is 8.70. The molecule has 0 fully saturated rings. The van der Waals surface area contributed by atoms with Crippen LogP contribution in [0.25, 0.3) is 0 Å². The molecule has 0 atom stereocenters. The standard InChI is InChI=1S/C8H9NO2/c1-6(11)8-4-7(5-10)2-3-9-8/h2-4,10H,5H2,1H3. The van der Waals surface area contributed by atoms with Gasteiger partial charge in [0.1, 0.15) is 5.69 Å². The Morgan fingerprint density at radius 1 is 1.73 bits per heavy atom. The van der Waals surface area contributed by atoms with Crippen LogP contribution in [-0.2, 0) is 6.61 Å². The molecule has 0 aliphatic heterocycles. The van der Waals surface area contributed by atoms with Crippen molar-refractivity contribution in [3.63, 3.8) is 0 Å². The number of Topliss-reactive ketones (excluding diaryl/α,β-unsaturated/α-hetero) is 1. The quantitative estimate of drug-likeness (QED) is 0.635. The van der Waals surface area contributed by atoms with E-state index in [4.69, 9.17) is 5.11 Å². The van der Waals surface area contributed by atoms with Crippen molar-refractivity contribution in [2.75, 3.05) is 0 Å². The molecule has 58 valence electrons. The van der Waals surface area contributed by atoms with E-state index in [-0.39, 0.29) is 12.4 Å². The van der Waals surface area contributed by atoms with Crippen molar-refractivity contribution in [1.29, 1.82) is 0 Å². The van der Waals surface area contributed by atoms with Gasteiger partial charge >= 0.3 is 0 Å². The predicted molar refractivity (Wildman–Crippen MR) is 40.2 cm³/mol. The predicted octanol–water partition coefficient (Wildman–Crippen LogP) is 0.776. The summed E-state index contributed by atoms with van der Waals surface area (Å²) in [5.41, 5.74) is 1.11. The van der Waals surface area contributed by atoms with Gasteiger partial charge in [0.05, 0.1) is 6.61 Å². The van der Waals surface area contributed by atoms with Gasteiger partial charge in [0, 0.05) is 13.1 Å². The number of nitrogens with zero attached hydrogens (tertiary/aromatic N) is 1. The van der Waals surface area contributed by atoms with E-state index in [2.05, 4.69) is 4.98 Å². The Morgan fingerprint density at radius 3 is 3.00 bits per heavy atom. The summed E-state index contributed by atoms with van der Waals surface area (Å²) in [7, 11) is 0. The smallest absolute Gasteiger partial charge is 0.178 e. The lowest BCUT2D eigenvalue weighted by Gasteiger charge is -1.96. The summed E-state index contributed by atoms with van der Waals surface area (Å²) < 4.78 is 0. The molecular weight excluding hydrogens is 142 g/mol. The number of rotatable bonds is 2. The lowest BCUT2D eigenvalue weighted by Crippen LogP contribution is -1.97. The number of carbonyl (C=O) groups excluding carboxylic acids is 1. The fourth-order valence-electron chi connectivity index (χ4n) is 0.765. The van der Waals surface area contributed by atoms with Crippen LogP contribution in [-0.4, -0.2) is 15.9 Å². The van der Waals surface area contributed by atoms with Gasteiger partial charge in [-0.25, -0.2) is 0 Å². The van der Waals surface area contributed by atoms with Gasteiger partial charge < -0.3 is 5.11 Å². The summed E-state index contributed by atoms with van der Waals surface area (Å²) in [6, 6.07) is 3.26. The molecule has 0 amide bonds. The molecule has 1 aromatic heterocycles. The fourth-order valence-corrected chi connectivity index (χ4v) is 0.765. The molecule has 0 aliphatic carbocycles. The number of hydrogen-bond donors (Lipinski definition) is 1. The molecule has 0 radical (unpaired) electrons. The molecule has 0 bridgehead atoms. The Hall–Kier alpha value is -1.22. The second kappa shape index (κ2) is 3.25. The van der Waals surface area contributed by atoms with Gasteiger partial charge in [-0.3, -0.25) is 9.78 Å². The first kappa shape index (κ1) is 7.88. The molecule has 0 saturated carbocycles. The van der Waals surface area contributed by atoms with Crippen molar-refractivity contribution in [3.05, 3.63) is 29.6 Å². The topological polar surface area (TPSA) is 50.2 Å². The van der Waals surface area contributed by atoms with Crippen LogP contribution in [0.5, 0.6) is 0 Å². The molecule has 3 nitrogen and oxygen atoms in total. The van der Waals surface area contributed by atoms with E-state index < -0.39 is 0 Å². The van der Waals surface area contributed by atoms with Crippen LogP contribution >= 0.6 is 0 Å². The summed E-state index contributed by atoms with van der Waals surface area (Å²) >= 11 is 0. The highest BCUT2D eigenvalue weighted by Crippen LogP contribution is 2.01. The van der Waals surface area contributed by atoms with Crippen LogP contribution in [0.1, 0.15) is 23.0 Å². The summed E-state index contributed by atoms with van der Waals surface area (Å²) in [6.45, 7) is 1.40. The maximum atomic E-state index is 10.8. The van der Waals surface area contributed by atoms with Gasteiger partial charge in [0.2, 0.25) is 0 Å². The van der Waals surface area contributed by atoms with Crippen molar-refractivity contribution >= 4 is 5.78 Å². The van der Waals surface area contributed by atoms with Crippen molar-refractivity contribution in [2.45, 2.75) is 13.5 Å². The average molecular weight is 151 g/mol. The molecule has 0 aromatic carbocycles. The van der Waals surface area contributed by atoms with E-state index in [1.54, 1.807) is 12.1 Å². The first-order valence-corrected chi connectivity index (χ1v) is 3.31. The number of aliphatic hydroxyl groups is 1. The van der Waals surface area contributed by atoms with E-state index in [1.165, 1.54) is 13.1 Å². The number of aromatic nitrogens is 1. The first-order chi connectivity index (χ1) is 5.24. The minimum atomic E-state index is -0.0831. The van der Waals surface area contributed by atoms with Gasteiger partial charge in [0.15, 0.2) is 5.78 Å². The molecule has 0 aliphatic rings. The Bertz CT molecular complexity index is 271. The van der Waals surface area contributed by atoms with Gasteiger partial charge in [-0.1, -0.05) is 0 Å². The minimum Gasteiger partial charge on any atom is -0.392 e. The highest BCUT2D eigenvalue weighted by molar-refractivity contribution is 5.92. The van der Waals surface area contributed by atoms with E-state index >= 15 is 0 Å². The Labute approximate surface area is 64.7 Å². The van der Waals surface area contributed by atoms with Crippen molar-refractivity contribution < 1.29 is 9.90 Å². The van der Waals surface area contributed by atoms with Crippen LogP contribution in [0.4, 0.5) is 0 Å². The van der Waals surface area contributed by atoms with E-state index in [1.807, 2.05) is 0 Å². The average Bonchev–Trinajstić information content (AvgIpc) is 2.05.